The molecule has 1 aliphatic heterocycles. The van der Waals surface area contributed by atoms with Gasteiger partial charge < -0.3 is 15.4 Å². The van der Waals surface area contributed by atoms with Crippen LogP contribution in [0.15, 0.2) is 29.2 Å². The molecule has 1 heterocycles. The molecule has 1 atom stereocenters. The third kappa shape index (κ3) is 4.10. The summed E-state index contributed by atoms with van der Waals surface area (Å²) in [7, 11) is -0.912. The molecule has 23 heavy (non-hydrogen) atoms. The van der Waals surface area contributed by atoms with E-state index in [2.05, 4.69) is 4.72 Å². The van der Waals surface area contributed by atoms with Crippen LogP contribution in [0, 0.1) is 0 Å². The number of benzene rings is 1. The van der Waals surface area contributed by atoms with Crippen LogP contribution in [0.3, 0.4) is 0 Å². The van der Waals surface area contributed by atoms with Gasteiger partial charge in [0.1, 0.15) is 10.6 Å². The van der Waals surface area contributed by atoms with E-state index in [1.807, 2.05) is 0 Å². The zero-order valence-electron chi connectivity index (χ0n) is 13.2. The first-order valence-corrected chi connectivity index (χ1v) is 8.70. The molecule has 1 aromatic carbocycles. The third-order valence-electron chi connectivity index (χ3n) is 3.70. The average molecular weight is 339 g/mol. The molecular weight excluding hydrogens is 318 g/mol. The number of nitrogens with zero attached hydrogens (tertiary/aromatic N) is 1. The molecule has 1 aromatic rings. The van der Waals surface area contributed by atoms with Gasteiger partial charge in [0.2, 0.25) is 15.9 Å². The van der Waals surface area contributed by atoms with E-state index < -0.39 is 10.0 Å². The Morgan fingerprint density at radius 2 is 2.22 bits per heavy atom. The van der Waals surface area contributed by atoms with E-state index in [0.717, 1.165) is 6.42 Å². The van der Waals surface area contributed by atoms with Gasteiger partial charge in [-0.3, -0.25) is 4.79 Å². The van der Waals surface area contributed by atoms with Gasteiger partial charge in [-0.15, -0.1) is 0 Å². The molecular formula is C15H21N3O4S. The van der Waals surface area contributed by atoms with Gasteiger partial charge in [0.05, 0.1) is 7.11 Å². The number of nitrogens with two attached hydrogens (primary N) is 1. The van der Waals surface area contributed by atoms with Crippen LogP contribution in [-0.2, 0) is 14.8 Å². The van der Waals surface area contributed by atoms with E-state index in [0.29, 0.717) is 18.7 Å². The van der Waals surface area contributed by atoms with Crippen LogP contribution in [0.1, 0.15) is 12.0 Å². The quantitative estimate of drug-likeness (QED) is 0.745. The summed E-state index contributed by atoms with van der Waals surface area (Å²) in [5.74, 6) is 0.111. The SMILES string of the molecule is CNS(=O)(=O)c1cc(/C=C/C(=O)N2CCC(N)C2)ccc1OC. The van der Waals surface area contributed by atoms with Crippen molar-refractivity contribution in [2.45, 2.75) is 17.4 Å². The molecule has 0 bridgehead atoms. The zero-order valence-corrected chi connectivity index (χ0v) is 14.0. The fourth-order valence-electron chi connectivity index (χ4n) is 2.38. The minimum absolute atomic E-state index is 0.0280. The summed E-state index contributed by atoms with van der Waals surface area (Å²) in [6.45, 7) is 1.19. The summed E-state index contributed by atoms with van der Waals surface area (Å²) < 4.78 is 31.4. The van der Waals surface area contributed by atoms with Crippen molar-refractivity contribution in [3.05, 3.63) is 29.8 Å². The fourth-order valence-corrected chi connectivity index (χ4v) is 3.30. The maximum absolute atomic E-state index is 12.1. The number of likely N-dealkylation sites (tertiary alicyclic amines) is 1. The maximum Gasteiger partial charge on any atom is 0.246 e. The summed E-state index contributed by atoms with van der Waals surface area (Å²) >= 11 is 0. The highest BCUT2D eigenvalue weighted by molar-refractivity contribution is 7.89. The molecule has 1 saturated heterocycles. The zero-order chi connectivity index (χ0) is 17.0. The van der Waals surface area contributed by atoms with E-state index in [9.17, 15) is 13.2 Å². The predicted molar refractivity (Wildman–Crippen MR) is 87.4 cm³/mol. The number of nitrogens with one attached hydrogen (secondary N) is 1. The van der Waals surface area contributed by atoms with Crippen LogP contribution in [0.5, 0.6) is 5.75 Å². The second-order valence-corrected chi connectivity index (χ2v) is 7.14. The summed E-state index contributed by atoms with van der Waals surface area (Å²) in [5.41, 5.74) is 6.37. The van der Waals surface area contributed by atoms with Crippen molar-refractivity contribution in [3.63, 3.8) is 0 Å². The van der Waals surface area contributed by atoms with Crippen molar-refractivity contribution in [2.75, 3.05) is 27.2 Å². The second kappa shape index (κ2) is 7.12. The molecule has 0 aromatic heterocycles. The highest BCUT2D eigenvalue weighted by atomic mass is 32.2. The lowest BCUT2D eigenvalue weighted by atomic mass is 10.2. The van der Waals surface area contributed by atoms with Gasteiger partial charge in [0, 0.05) is 25.2 Å². The largest absolute Gasteiger partial charge is 0.495 e. The first-order chi connectivity index (χ1) is 10.9. The molecule has 1 unspecified atom stereocenters. The first kappa shape index (κ1) is 17.5. The second-order valence-electron chi connectivity index (χ2n) is 5.28. The number of hydrogen-bond donors (Lipinski definition) is 2. The van der Waals surface area contributed by atoms with Crippen molar-refractivity contribution < 1.29 is 17.9 Å². The number of methoxy groups -OCH3 is 1. The Kier molecular flexibility index (Phi) is 5.40. The van der Waals surface area contributed by atoms with E-state index in [1.165, 1.54) is 26.3 Å². The molecule has 0 radical (unpaired) electrons. The highest BCUT2D eigenvalue weighted by Gasteiger charge is 2.22. The fraction of sp³-hybridized carbons (Fsp3) is 0.400. The Balaban J connectivity index is 2.22. The van der Waals surface area contributed by atoms with Crippen molar-refractivity contribution >= 4 is 22.0 Å². The van der Waals surface area contributed by atoms with Crippen LogP contribution >= 0.6 is 0 Å². The Morgan fingerprint density at radius 3 is 2.78 bits per heavy atom. The lowest BCUT2D eigenvalue weighted by molar-refractivity contribution is -0.124. The molecule has 8 heteroatoms. The Morgan fingerprint density at radius 1 is 1.48 bits per heavy atom. The lowest BCUT2D eigenvalue weighted by Crippen LogP contribution is -2.30. The monoisotopic (exact) mass is 339 g/mol. The van der Waals surface area contributed by atoms with Crippen LogP contribution in [-0.4, -0.2) is 52.5 Å². The van der Waals surface area contributed by atoms with Gasteiger partial charge in [0.15, 0.2) is 0 Å². The molecule has 0 aliphatic carbocycles. The highest BCUT2D eigenvalue weighted by Crippen LogP contribution is 2.25. The summed E-state index contributed by atoms with van der Waals surface area (Å²) in [4.78, 5) is 13.8. The van der Waals surface area contributed by atoms with Gasteiger partial charge in [-0.1, -0.05) is 6.07 Å². The first-order valence-electron chi connectivity index (χ1n) is 7.21. The number of rotatable bonds is 5. The van der Waals surface area contributed by atoms with Crippen molar-refractivity contribution in [3.8, 4) is 5.75 Å². The van der Waals surface area contributed by atoms with Crippen LogP contribution < -0.4 is 15.2 Å². The molecule has 3 N–H and O–H groups in total. The number of carbonyl (C=O) groups is 1. The molecule has 7 nitrogen and oxygen atoms in total. The van der Waals surface area contributed by atoms with Crippen molar-refractivity contribution in [1.82, 2.24) is 9.62 Å². The predicted octanol–water partition coefficient (Wildman–Crippen LogP) is 0.176. The molecule has 1 aliphatic rings. The standard InChI is InChI=1S/C15H21N3O4S/c1-17-23(20,21)14-9-11(3-5-13(14)22-2)4-6-15(19)18-8-7-12(16)10-18/h3-6,9,12,17H,7-8,10,16H2,1-2H3/b6-4+. The van der Waals surface area contributed by atoms with E-state index in [4.69, 9.17) is 10.5 Å². The minimum atomic E-state index is -3.65. The number of hydrogen-bond acceptors (Lipinski definition) is 5. The summed E-state index contributed by atoms with van der Waals surface area (Å²) in [5, 5.41) is 0. The molecule has 126 valence electrons. The molecule has 0 saturated carbocycles. The van der Waals surface area contributed by atoms with Gasteiger partial charge in [0.25, 0.3) is 0 Å². The third-order valence-corrected chi connectivity index (χ3v) is 5.14. The van der Waals surface area contributed by atoms with E-state index in [1.54, 1.807) is 23.1 Å². The smallest absolute Gasteiger partial charge is 0.246 e. The number of sulfonamides is 1. The number of carbonyl (C=O) groups excluding carboxylic acids is 1. The Labute approximate surface area is 136 Å². The number of amides is 1. The van der Waals surface area contributed by atoms with Gasteiger partial charge in [-0.05, 0) is 37.2 Å². The molecule has 1 amide bonds. The van der Waals surface area contributed by atoms with Gasteiger partial charge >= 0.3 is 0 Å². The Bertz CT molecular complexity index is 715. The molecule has 1 fully saturated rings. The number of ether oxygens (including phenoxy) is 1. The summed E-state index contributed by atoms with van der Waals surface area (Å²) in [6.07, 6.45) is 3.81. The van der Waals surface area contributed by atoms with Gasteiger partial charge in [-0.2, -0.15) is 0 Å². The van der Waals surface area contributed by atoms with Crippen molar-refractivity contribution in [2.24, 2.45) is 5.73 Å². The minimum Gasteiger partial charge on any atom is -0.495 e. The van der Waals surface area contributed by atoms with Crippen LogP contribution in [0.4, 0.5) is 0 Å². The normalized spacial score (nSPS) is 18.6. The molecule has 0 spiro atoms. The van der Waals surface area contributed by atoms with Crippen molar-refractivity contribution in [1.29, 1.82) is 0 Å². The van der Waals surface area contributed by atoms with E-state index >= 15 is 0 Å². The summed E-state index contributed by atoms with van der Waals surface area (Å²) in [6, 6.07) is 4.73. The maximum atomic E-state index is 12.1. The van der Waals surface area contributed by atoms with Crippen LogP contribution in [0.2, 0.25) is 0 Å². The average Bonchev–Trinajstić information content (AvgIpc) is 2.98. The van der Waals surface area contributed by atoms with Crippen LogP contribution in [0.25, 0.3) is 6.08 Å². The van der Waals surface area contributed by atoms with E-state index in [-0.39, 0.29) is 22.6 Å². The topological polar surface area (TPSA) is 102 Å². The van der Waals surface area contributed by atoms with Gasteiger partial charge in [-0.25, -0.2) is 13.1 Å². The lowest BCUT2D eigenvalue weighted by Gasteiger charge is -2.13. The Hall–Kier alpha value is -1.90. The molecule has 2 rings (SSSR count).